The third-order valence-electron chi connectivity index (χ3n) is 4.43. The molecule has 0 unspecified atom stereocenters. The number of fused-ring (bicyclic) bond motifs is 1. The second-order valence-electron chi connectivity index (χ2n) is 6.66. The van der Waals surface area contributed by atoms with E-state index in [-0.39, 0.29) is 29.0 Å². The van der Waals surface area contributed by atoms with Crippen LogP contribution in [0, 0.1) is 0 Å². The molecular formula is C21H16F3N5O2S. The summed E-state index contributed by atoms with van der Waals surface area (Å²) in [5.41, 5.74) is 5.22. The fourth-order valence-corrected chi connectivity index (χ4v) is 3.75. The first-order chi connectivity index (χ1) is 15.3. The van der Waals surface area contributed by atoms with E-state index < -0.39 is 17.6 Å². The van der Waals surface area contributed by atoms with Crippen LogP contribution in [0.4, 0.5) is 13.2 Å². The van der Waals surface area contributed by atoms with Crippen molar-refractivity contribution in [1.29, 1.82) is 0 Å². The average molecular weight is 459 g/mol. The molecule has 4 rings (SSSR count). The van der Waals surface area contributed by atoms with E-state index in [0.29, 0.717) is 11.3 Å². The summed E-state index contributed by atoms with van der Waals surface area (Å²) in [6.45, 7) is -0.0872. The lowest BCUT2D eigenvalue weighted by atomic mass is 10.2. The molecule has 4 aromatic rings. The second kappa shape index (κ2) is 8.87. The van der Waals surface area contributed by atoms with Gasteiger partial charge in [-0.25, -0.2) is 0 Å². The van der Waals surface area contributed by atoms with E-state index in [1.54, 1.807) is 18.3 Å². The SMILES string of the molecule is NC(=O)CSc1nnc(COc2cccc3cccnc23)n1-c1cccc(C(F)(F)F)c1. The average Bonchev–Trinajstić information content (AvgIpc) is 3.18. The Kier molecular flexibility index (Phi) is 5.99. The zero-order chi connectivity index (χ0) is 22.7. The minimum Gasteiger partial charge on any atom is -0.483 e. The Hall–Kier alpha value is -3.60. The molecule has 0 saturated heterocycles. The monoisotopic (exact) mass is 459 g/mol. The van der Waals surface area contributed by atoms with Gasteiger partial charge in [0.15, 0.2) is 11.0 Å². The maximum absolute atomic E-state index is 13.2. The normalized spacial score (nSPS) is 11.6. The highest BCUT2D eigenvalue weighted by atomic mass is 32.2. The number of halogens is 3. The third-order valence-corrected chi connectivity index (χ3v) is 5.38. The van der Waals surface area contributed by atoms with Crippen molar-refractivity contribution in [3.8, 4) is 11.4 Å². The maximum Gasteiger partial charge on any atom is 0.416 e. The largest absolute Gasteiger partial charge is 0.483 e. The summed E-state index contributed by atoms with van der Waals surface area (Å²) >= 11 is 0.974. The van der Waals surface area contributed by atoms with Crippen LogP contribution >= 0.6 is 11.8 Å². The molecule has 1 amide bonds. The van der Waals surface area contributed by atoms with Gasteiger partial charge in [0.25, 0.3) is 0 Å². The van der Waals surface area contributed by atoms with E-state index in [2.05, 4.69) is 15.2 Å². The Balaban J connectivity index is 1.70. The molecule has 2 heterocycles. The molecule has 2 N–H and O–H groups in total. The minimum absolute atomic E-state index is 0.0872. The number of alkyl halides is 3. The molecule has 2 aromatic carbocycles. The fourth-order valence-electron chi connectivity index (χ4n) is 3.04. The van der Waals surface area contributed by atoms with Crippen LogP contribution < -0.4 is 10.5 Å². The lowest BCUT2D eigenvalue weighted by Gasteiger charge is -2.14. The standard InChI is InChI=1S/C21H16F3N5O2S/c22-21(23,24)14-6-2-7-15(10-14)29-18(27-28-20(29)32-12-17(25)30)11-31-16-8-1-4-13-5-3-9-26-19(13)16/h1-10H,11-12H2,(H2,25,30). The van der Waals surface area contributed by atoms with Crippen LogP contribution in [0.5, 0.6) is 5.75 Å². The Labute approximate surface area is 184 Å². The number of para-hydroxylation sites is 1. The van der Waals surface area contributed by atoms with Crippen LogP contribution in [0.15, 0.2) is 66.0 Å². The number of amides is 1. The van der Waals surface area contributed by atoms with Crippen molar-refractivity contribution in [3.63, 3.8) is 0 Å². The number of aromatic nitrogens is 4. The smallest absolute Gasteiger partial charge is 0.416 e. The van der Waals surface area contributed by atoms with Gasteiger partial charge in [0.1, 0.15) is 17.9 Å². The number of hydrogen-bond acceptors (Lipinski definition) is 6. The van der Waals surface area contributed by atoms with E-state index in [1.165, 1.54) is 16.7 Å². The van der Waals surface area contributed by atoms with Crippen LogP contribution in [0.1, 0.15) is 11.4 Å². The maximum atomic E-state index is 13.2. The predicted octanol–water partition coefficient (Wildman–Crippen LogP) is 3.99. The fraction of sp³-hybridized carbons (Fsp3) is 0.143. The number of primary amides is 1. The van der Waals surface area contributed by atoms with Gasteiger partial charge < -0.3 is 10.5 Å². The Morgan fingerprint density at radius 2 is 1.88 bits per heavy atom. The molecule has 0 aliphatic carbocycles. The molecule has 0 bridgehead atoms. The molecule has 0 spiro atoms. The minimum atomic E-state index is -4.52. The van der Waals surface area contributed by atoms with Crippen molar-refractivity contribution < 1.29 is 22.7 Å². The Morgan fingerprint density at radius 3 is 2.66 bits per heavy atom. The zero-order valence-corrected chi connectivity index (χ0v) is 17.2. The predicted molar refractivity (Wildman–Crippen MR) is 112 cm³/mol. The molecule has 0 aliphatic rings. The number of rotatable bonds is 7. The van der Waals surface area contributed by atoms with Gasteiger partial charge in [-0.2, -0.15) is 13.2 Å². The molecule has 7 nitrogen and oxygen atoms in total. The summed E-state index contributed by atoms with van der Waals surface area (Å²) in [4.78, 5) is 15.5. The highest BCUT2D eigenvalue weighted by Gasteiger charge is 2.31. The quantitative estimate of drug-likeness (QED) is 0.420. The molecule has 32 heavy (non-hydrogen) atoms. The van der Waals surface area contributed by atoms with Gasteiger partial charge in [-0.3, -0.25) is 14.3 Å². The molecule has 0 aliphatic heterocycles. The number of carbonyl (C=O) groups excluding carboxylic acids is 1. The van der Waals surface area contributed by atoms with Gasteiger partial charge in [0.05, 0.1) is 17.0 Å². The number of hydrogen-bond donors (Lipinski definition) is 1. The van der Waals surface area contributed by atoms with Gasteiger partial charge in [0, 0.05) is 11.6 Å². The number of pyridine rings is 1. The number of thioether (sulfide) groups is 1. The van der Waals surface area contributed by atoms with Gasteiger partial charge in [-0.15, -0.1) is 10.2 Å². The van der Waals surface area contributed by atoms with Gasteiger partial charge in [-0.05, 0) is 30.3 Å². The molecule has 0 radical (unpaired) electrons. The second-order valence-corrected chi connectivity index (χ2v) is 7.60. The highest BCUT2D eigenvalue weighted by molar-refractivity contribution is 7.99. The first-order valence-electron chi connectivity index (χ1n) is 9.32. The van der Waals surface area contributed by atoms with E-state index in [4.69, 9.17) is 10.5 Å². The van der Waals surface area contributed by atoms with Crippen LogP contribution in [-0.2, 0) is 17.6 Å². The van der Waals surface area contributed by atoms with E-state index in [1.807, 2.05) is 18.2 Å². The first kappa shape index (κ1) is 21.6. The molecule has 0 atom stereocenters. The number of carbonyl (C=O) groups is 1. The van der Waals surface area contributed by atoms with E-state index in [9.17, 15) is 18.0 Å². The summed E-state index contributed by atoms with van der Waals surface area (Å²) in [5, 5.41) is 9.19. The molecular weight excluding hydrogens is 443 g/mol. The summed E-state index contributed by atoms with van der Waals surface area (Å²) in [7, 11) is 0. The number of ether oxygens (including phenoxy) is 1. The van der Waals surface area contributed by atoms with Crippen LogP contribution in [-0.4, -0.2) is 31.4 Å². The zero-order valence-electron chi connectivity index (χ0n) is 16.4. The van der Waals surface area contributed by atoms with Crippen molar-refractivity contribution >= 4 is 28.6 Å². The van der Waals surface area contributed by atoms with Crippen molar-refractivity contribution in [1.82, 2.24) is 19.7 Å². The van der Waals surface area contributed by atoms with Crippen LogP contribution in [0.25, 0.3) is 16.6 Å². The summed E-state index contributed by atoms with van der Waals surface area (Å²) in [5.74, 6) is 0.0519. The van der Waals surface area contributed by atoms with Crippen molar-refractivity contribution in [2.24, 2.45) is 5.73 Å². The lowest BCUT2D eigenvalue weighted by molar-refractivity contribution is -0.137. The highest BCUT2D eigenvalue weighted by Crippen LogP contribution is 2.32. The Morgan fingerprint density at radius 1 is 1.09 bits per heavy atom. The van der Waals surface area contributed by atoms with Gasteiger partial charge >= 0.3 is 6.18 Å². The third kappa shape index (κ3) is 4.67. The first-order valence-corrected chi connectivity index (χ1v) is 10.3. The molecule has 11 heteroatoms. The number of nitrogens with zero attached hydrogens (tertiary/aromatic N) is 4. The molecule has 164 valence electrons. The summed E-state index contributed by atoms with van der Waals surface area (Å²) in [6, 6.07) is 13.9. The molecule has 0 saturated carbocycles. The molecule has 0 fully saturated rings. The summed E-state index contributed by atoms with van der Waals surface area (Å²) in [6.07, 6.45) is -2.88. The Bertz CT molecular complexity index is 1270. The number of nitrogens with two attached hydrogens (primary N) is 1. The van der Waals surface area contributed by atoms with E-state index in [0.717, 1.165) is 29.3 Å². The van der Waals surface area contributed by atoms with Crippen molar-refractivity contribution in [2.45, 2.75) is 17.9 Å². The van der Waals surface area contributed by atoms with E-state index >= 15 is 0 Å². The topological polar surface area (TPSA) is 95.9 Å². The van der Waals surface area contributed by atoms with Crippen molar-refractivity contribution in [3.05, 3.63) is 72.2 Å². The van der Waals surface area contributed by atoms with Crippen molar-refractivity contribution in [2.75, 3.05) is 5.75 Å². The molecule has 2 aromatic heterocycles. The lowest BCUT2D eigenvalue weighted by Crippen LogP contribution is -2.14. The van der Waals surface area contributed by atoms with Gasteiger partial charge in [0.2, 0.25) is 5.91 Å². The number of benzene rings is 2. The van der Waals surface area contributed by atoms with Crippen LogP contribution in [0.3, 0.4) is 0 Å². The summed E-state index contributed by atoms with van der Waals surface area (Å²) < 4.78 is 47.0. The van der Waals surface area contributed by atoms with Crippen LogP contribution in [0.2, 0.25) is 0 Å². The van der Waals surface area contributed by atoms with Gasteiger partial charge in [-0.1, -0.05) is 36.0 Å².